The summed E-state index contributed by atoms with van der Waals surface area (Å²) in [6.45, 7) is 0.702. The van der Waals surface area contributed by atoms with Crippen molar-refractivity contribution in [1.82, 2.24) is 5.32 Å². The van der Waals surface area contributed by atoms with Crippen LogP contribution < -0.4 is 11.1 Å². The molecule has 0 saturated heterocycles. The summed E-state index contributed by atoms with van der Waals surface area (Å²) in [6, 6.07) is 0. The fraction of sp³-hybridized carbons (Fsp3) is 0.909. The van der Waals surface area contributed by atoms with Gasteiger partial charge in [-0.2, -0.15) is 0 Å². The third-order valence-corrected chi connectivity index (χ3v) is 3.13. The van der Waals surface area contributed by atoms with Crippen LogP contribution in [0.5, 0.6) is 0 Å². The number of aliphatic hydroxyl groups excluding tert-OH is 1. The summed E-state index contributed by atoms with van der Waals surface area (Å²) in [5.74, 6) is 0.0550. The molecule has 4 nitrogen and oxygen atoms in total. The van der Waals surface area contributed by atoms with Crippen LogP contribution in [0.1, 0.15) is 44.9 Å². The molecule has 0 aromatic carbocycles. The molecule has 1 aliphatic carbocycles. The van der Waals surface area contributed by atoms with Crippen molar-refractivity contribution in [3.05, 3.63) is 0 Å². The molecule has 0 heterocycles. The van der Waals surface area contributed by atoms with E-state index in [0.717, 1.165) is 38.5 Å². The Kier molecular flexibility index (Phi) is 5.05. The molecule has 0 unspecified atom stereocenters. The standard InChI is InChI=1S/C11H22N2O2/c12-8-4-1-5-10(15)13-11(9-14)6-2-3-7-11/h14H,1-9,12H2,(H,13,15). The van der Waals surface area contributed by atoms with Gasteiger partial charge in [0.2, 0.25) is 5.91 Å². The summed E-state index contributed by atoms with van der Waals surface area (Å²) in [4.78, 5) is 11.6. The number of carbonyl (C=O) groups excluding carboxylic acids is 1. The Labute approximate surface area is 91.2 Å². The van der Waals surface area contributed by atoms with Crippen LogP contribution in [0.25, 0.3) is 0 Å². The lowest BCUT2D eigenvalue weighted by Crippen LogP contribution is -2.49. The highest BCUT2D eigenvalue weighted by molar-refractivity contribution is 5.76. The number of hydrogen-bond donors (Lipinski definition) is 3. The van der Waals surface area contributed by atoms with Crippen LogP contribution in [-0.4, -0.2) is 29.7 Å². The third-order valence-electron chi connectivity index (χ3n) is 3.13. The summed E-state index contributed by atoms with van der Waals surface area (Å²) in [6.07, 6.45) is 6.27. The van der Waals surface area contributed by atoms with Crippen molar-refractivity contribution in [3.63, 3.8) is 0 Å². The van der Waals surface area contributed by atoms with Gasteiger partial charge >= 0.3 is 0 Å². The SMILES string of the molecule is NCCCCC(=O)NC1(CO)CCCC1. The van der Waals surface area contributed by atoms with E-state index < -0.39 is 0 Å². The molecule has 0 aromatic heterocycles. The van der Waals surface area contributed by atoms with Crippen LogP contribution in [0.2, 0.25) is 0 Å². The number of hydrogen-bond acceptors (Lipinski definition) is 3. The molecule has 0 radical (unpaired) electrons. The minimum absolute atomic E-state index is 0.0550. The minimum Gasteiger partial charge on any atom is -0.394 e. The van der Waals surface area contributed by atoms with Crippen LogP contribution >= 0.6 is 0 Å². The smallest absolute Gasteiger partial charge is 0.220 e. The first kappa shape index (κ1) is 12.5. The van der Waals surface area contributed by atoms with Crippen molar-refractivity contribution < 1.29 is 9.90 Å². The summed E-state index contributed by atoms with van der Waals surface area (Å²) in [5.41, 5.74) is 5.04. The molecule has 1 aliphatic rings. The van der Waals surface area contributed by atoms with E-state index in [1.54, 1.807) is 0 Å². The van der Waals surface area contributed by atoms with Crippen molar-refractivity contribution in [3.8, 4) is 0 Å². The zero-order valence-corrected chi connectivity index (χ0v) is 9.30. The summed E-state index contributed by atoms with van der Waals surface area (Å²) in [7, 11) is 0. The van der Waals surface area contributed by atoms with Crippen LogP contribution in [-0.2, 0) is 4.79 Å². The first-order valence-electron chi connectivity index (χ1n) is 5.84. The Morgan fingerprint density at radius 2 is 2.00 bits per heavy atom. The normalized spacial score (nSPS) is 19.1. The zero-order valence-electron chi connectivity index (χ0n) is 9.30. The fourth-order valence-corrected chi connectivity index (χ4v) is 2.16. The van der Waals surface area contributed by atoms with Crippen molar-refractivity contribution in [1.29, 1.82) is 0 Å². The number of carbonyl (C=O) groups is 1. The zero-order chi connectivity index (χ0) is 11.1. The molecular weight excluding hydrogens is 192 g/mol. The van der Waals surface area contributed by atoms with E-state index in [-0.39, 0.29) is 18.1 Å². The van der Waals surface area contributed by atoms with E-state index in [1.807, 2.05) is 0 Å². The van der Waals surface area contributed by atoms with Crippen LogP contribution in [0, 0.1) is 0 Å². The Hall–Kier alpha value is -0.610. The number of nitrogens with one attached hydrogen (secondary N) is 1. The lowest BCUT2D eigenvalue weighted by Gasteiger charge is -2.27. The molecule has 0 spiro atoms. The van der Waals surface area contributed by atoms with Gasteiger partial charge in [-0.25, -0.2) is 0 Å². The Morgan fingerprint density at radius 1 is 1.33 bits per heavy atom. The number of amides is 1. The number of rotatable bonds is 6. The topological polar surface area (TPSA) is 75.4 Å². The first-order valence-corrected chi connectivity index (χ1v) is 5.84. The van der Waals surface area contributed by atoms with E-state index >= 15 is 0 Å². The van der Waals surface area contributed by atoms with E-state index in [4.69, 9.17) is 5.73 Å². The fourth-order valence-electron chi connectivity index (χ4n) is 2.16. The summed E-state index contributed by atoms with van der Waals surface area (Å²) < 4.78 is 0. The van der Waals surface area contributed by atoms with Crippen LogP contribution in [0.3, 0.4) is 0 Å². The molecule has 1 fully saturated rings. The Balaban J connectivity index is 2.28. The van der Waals surface area contributed by atoms with Gasteiger partial charge in [-0.05, 0) is 32.2 Å². The second kappa shape index (κ2) is 6.08. The largest absolute Gasteiger partial charge is 0.394 e. The average Bonchev–Trinajstić information content (AvgIpc) is 2.67. The lowest BCUT2D eigenvalue weighted by atomic mass is 9.98. The highest BCUT2D eigenvalue weighted by atomic mass is 16.3. The van der Waals surface area contributed by atoms with Gasteiger partial charge < -0.3 is 16.2 Å². The Morgan fingerprint density at radius 3 is 2.53 bits per heavy atom. The van der Waals surface area contributed by atoms with Gasteiger partial charge in [-0.1, -0.05) is 12.8 Å². The number of nitrogens with two attached hydrogens (primary N) is 1. The molecule has 88 valence electrons. The molecule has 1 amide bonds. The summed E-state index contributed by atoms with van der Waals surface area (Å²) in [5, 5.41) is 12.3. The van der Waals surface area contributed by atoms with Gasteiger partial charge in [0.05, 0.1) is 12.1 Å². The quantitative estimate of drug-likeness (QED) is 0.565. The maximum absolute atomic E-state index is 11.6. The van der Waals surface area contributed by atoms with Crippen LogP contribution in [0.15, 0.2) is 0 Å². The van der Waals surface area contributed by atoms with E-state index in [0.29, 0.717) is 13.0 Å². The maximum atomic E-state index is 11.6. The molecule has 0 aromatic rings. The van der Waals surface area contributed by atoms with E-state index in [9.17, 15) is 9.90 Å². The predicted molar refractivity (Wildman–Crippen MR) is 59.3 cm³/mol. The maximum Gasteiger partial charge on any atom is 0.220 e. The molecule has 4 N–H and O–H groups in total. The molecule has 1 rings (SSSR count). The molecule has 0 atom stereocenters. The van der Waals surface area contributed by atoms with Crippen LogP contribution in [0.4, 0.5) is 0 Å². The van der Waals surface area contributed by atoms with Gasteiger partial charge in [0, 0.05) is 6.42 Å². The van der Waals surface area contributed by atoms with Crippen molar-refractivity contribution >= 4 is 5.91 Å². The number of unbranched alkanes of at least 4 members (excludes halogenated alkanes) is 1. The third kappa shape index (κ3) is 3.80. The average molecular weight is 214 g/mol. The van der Waals surface area contributed by atoms with Gasteiger partial charge in [-0.3, -0.25) is 4.79 Å². The van der Waals surface area contributed by atoms with E-state index in [1.165, 1.54) is 0 Å². The Bertz CT molecular complexity index is 201. The molecular formula is C11H22N2O2. The molecule has 0 aliphatic heterocycles. The minimum atomic E-state index is -0.320. The molecule has 0 bridgehead atoms. The van der Waals surface area contributed by atoms with Crippen molar-refractivity contribution in [2.45, 2.75) is 50.5 Å². The predicted octanol–water partition coefficient (Wildman–Crippen LogP) is 0.537. The highest BCUT2D eigenvalue weighted by Gasteiger charge is 2.34. The number of aliphatic hydroxyl groups is 1. The lowest BCUT2D eigenvalue weighted by molar-refractivity contribution is -0.123. The second-order valence-corrected chi connectivity index (χ2v) is 4.44. The van der Waals surface area contributed by atoms with Gasteiger partial charge in [-0.15, -0.1) is 0 Å². The molecule has 15 heavy (non-hydrogen) atoms. The molecule has 1 saturated carbocycles. The van der Waals surface area contributed by atoms with Gasteiger partial charge in [0.15, 0.2) is 0 Å². The highest BCUT2D eigenvalue weighted by Crippen LogP contribution is 2.29. The van der Waals surface area contributed by atoms with E-state index in [2.05, 4.69) is 5.32 Å². The molecule has 4 heteroatoms. The second-order valence-electron chi connectivity index (χ2n) is 4.44. The monoisotopic (exact) mass is 214 g/mol. The van der Waals surface area contributed by atoms with Gasteiger partial charge in [0.1, 0.15) is 0 Å². The first-order chi connectivity index (χ1) is 7.22. The van der Waals surface area contributed by atoms with Gasteiger partial charge in [0.25, 0.3) is 0 Å². The van der Waals surface area contributed by atoms with Crippen molar-refractivity contribution in [2.75, 3.05) is 13.2 Å². The summed E-state index contributed by atoms with van der Waals surface area (Å²) >= 11 is 0. The van der Waals surface area contributed by atoms with Crippen molar-refractivity contribution in [2.24, 2.45) is 5.73 Å².